The predicted molar refractivity (Wildman–Crippen MR) is 188 cm³/mol. The Morgan fingerprint density at radius 3 is 1.57 bits per heavy atom. The molecule has 0 unspecified atom stereocenters. The van der Waals surface area contributed by atoms with Crippen LogP contribution in [0.1, 0.15) is 39.5 Å². The number of hydrogen-bond acceptors (Lipinski definition) is 4. The van der Waals surface area contributed by atoms with E-state index in [0.717, 1.165) is 27.8 Å². The molecule has 0 spiro atoms. The van der Waals surface area contributed by atoms with Crippen molar-refractivity contribution in [3.05, 3.63) is 185 Å². The lowest BCUT2D eigenvalue weighted by atomic mass is 9.67. The maximum absolute atomic E-state index is 9.53. The van der Waals surface area contributed by atoms with Crippen LogP contribution in [0.3, 0.4) is 0 Å². The van der Waals surface area contributed by atoms with Crippen LogP contribution >= 0.6 is 0 Å². The highest BCUT2D eigenvalue weighted by Crippen LogP contribution is 2.57. The number of fused-ring (bicyclic) bond motifs is 3. The summed E-state index contributed by atoms with van der Waals surface area (Å²) in [5.41, 5.74) is 12.9. The smallest absolute Gasteiger partial charge is 0.163 e. The van der Waals surface area contributed by atoms with Gasteiger partial charge in [0.25, 0.3) is 0 Å². The van der Waals surface area contributed by atoms with E-state index in [2.05, 4.69) is 154 Å². The molecular formula is C43H30N4. The molecule has 0 bridgehead atoms. The Balaban J connectivity index is 1.42. The Hall–Kier alpha value is -6.18. The molecule has 0 atom stereocenters. The van der Waals surface area contributed by atoms with Gasteiger partial charge in [-0.15, -0.1) is 0 Å². The third-order valence-corrected chi connectivity index (χ3v) is 9.23. The Bertz CT molecular complexity index is 2240. The van der Waals surface area contributed by atoms with Gasteiger partial charge in [0.15, 0.2) is 5.82 Å². The van der Waals surface area contributed by atoms with Crippen molar-refractivity contribution in [2.45, 2.75) is 19.3 Å². The van der Waals surface area contributed by atoms with Crippen molar-refractivity contribution in [3.8, 4) is 50.8 Å². The number of benzene rings is 6. The SMILES string of the molecule is Cc1nc(C)nc(-c2ccc(-c3cc4c(cc3-c3ccc(C#N)cc3)-c3ccccc3C4(c3ccccc3)c3ccccc3)cc2)n1. The zero-order chi connectivity index (χ0) is 32.0. The lowest BCUT2D eigenvalue weighted by Crippen LogP contribution is -2.28. The lowest BCUT2D eigenvalue weighted by molar-refractivity contribution is 0.769. The van der Waals surface area contributed by atoms with Gasteiger partial charge in [-0.3, -0.25) is 0 Å². The summed E-state index contributed by atoms with van der Waals surface area (Å²) < 4.78 is 0. The Morgan fingerprint density at radius 1 is 0.468 bits per heavy atom. The second-order valence-electron chi connectivity index (χ2n) is 12.0. The molecule has 0 aliphatic heterocycles. The Kier molecular flexibility index (Phi) is 6.82. The summed E-state index contributed by atoms with van der Waals surface area (Å²) in [4.78, 5) is 13.5. The van der Waals surface area contributed by atoms with E-state index in [1.165, 1.54) is 33.4 Å². The topological polar surface area (TPSA) is 62.5 Å². The summed E-state index contributed by atoms with van der Waals surface area (Å²) in [6.45, 7) is 3.79. The first-order chi connectivity index (χ1) is 23.1. The first kappa shape index (κ1) is 28.3. The second-order valence-corrected chi connectivity index (χ2v) is 12.0. The molecule has 4 heteroatoms. The van der Waals surface area contributed by atoms with E-state index in [1.807, 2.05) is 26.0 Å². The van der Waals surface area contributed by atoms with Crippen LogP contribution in [-0.4, -0.2) is 15.0 Å². The van der Waals surface area contributed by atoms with Crippen LogP contribution in [0.2, 0.25) is 0 Å². The molecule has 0 N–H and O–H groups in total. The Morgan fingerprint density at radius 2 is 0.979 bits per heavy atom. The van der Waals surface area contributed by atoms with Gasteiger partial charge in [-0.1, -0.05) is 121 Å². The molecule has 4 nitrogen and oxygen atoms in total. The normalized spacial score (nSPS) is 12.6. The molecule has 0 saturated carbocycles. The summed E-state index contributed by atoms with van der Waals surface area (Å²) >= 11 is 0. The molecule has 7 aromatic rings. The van der Waals surface area contributed by atoms with E-state index < -0.39 is 5.41 Å². The van der Waals surface area contributed by atoms with Gasteiger partial charge in [0.1, 0.15) is 11.6 Å². The van der Waals surface area contributed by atoms with E-state index in [0.29, 0.717) is 23.0 Å². The molecule has 0 amide bonds. The molecule has 1 heterocycles. The van der Waals surface area contributed by atoms with E-state index in [4.69, 9.17) is 0 Å². The summed E-state index contributed by atoms with van der Waals surface area (Å²) in [5, 5.41) is 9.53. The fourth-order valence-electron chi connectivity index (χ4n) is 7.23. The van der Waals surface area contributed by atoms with Gasteiger partial charge in [0, 0.05) is 5.56 Å². The fraction of sp³-hybridized carbons (Fsp3) is 0.0698. The fourth-order valence-corrected chi connectivity index (χ4v) is 7.23. The number of nitrogens with zero attached hydrogens (tertiary/aromatic N) is 4. The number of aryl methyl sites for hydroxylation is 2. The highest BCUT2D eigenvalue weighted by Gasteiger charge is 2.46. The third-order valence-electron chi connectivity index (χ3n) is 9.23. The largest absolute Gasteiger partial charge is 0.219 e. The van der Waals surface area contributed by atoms with Gasteiger partial charge < -0.3 is 0 Å². The first-order valence-corrected chi connectivity index (χ1v) is 15.8. The van der Waals surface area contributed by atoms with E-state index in [-0.39, 0.29) is 0 Å². The van der Waals surface area contributed by atoms with Crippen molar-refractivity contribution in [3.63, 3.8) is 0 Å². The molecule has 0 radical (unpaired) electrons. The third kappa shape index (κ3) is 4.64. The maximum Gasteiger partial charge on any atom is 0.163 e. The average molecular weight is 603 g/mol. The number of aromatic nitrogens is 3. The van der Waals surface area contributed by atoms with Crippen LogP contribution in [0, 0.1) is 25.2 Å². The molecular weight excluding hydrogens is 573 g/mol. The predicted octanol–water partition coefficient (Wildman–Crippen LogP) is 9.72. The molecule has 1 aliphatic rings. The van der Waals surface area contributed by atoms with Crippen LogP contribution in [-0.2, 0) is 5.41 Å². The molecule has 47 heavy (non-hydrogen) atoms. The number of nitriles is 1. The second kappa shape index (κ2) is 11.3. The van der Waals surface area contributed by atoms with Gasteiger partial charge in [-0.25, -0.2) is 15.0 Å². The number of hydrogen-bond donors (Lipinski definition) is 0. The molecule has 8 rings (SSSR count). The van der Waals surface area contributed by atoms with Gasteiger partial charge in [0.2, 0.25) is 0 Å². The van der Waals surface area contributed by atoms with Crippen molar-refractivity contribution in [2.75, 3.05) is 0 Å². The quantitative estimate of drug-likeness (QED) is 0.197. The van der Waals surface area contributed by atoms with Gasteiger partial charge >= 0.3 is 0 Å². The van der Waals surface area contributed by atoms with Gasteiger partial charge in [0.05, 0.1) is 17.0 Å². The minimum absolute atomic E-state index is 0.508. The molecule has 1 aromatic heterocycles. The maximum atomic E-state index is 9.53. The lowest BCUT2D eigenvalue weighted by Gasteiger charge is -2.34. The summed E-state index contributed by atoms with van der Waals surface area (Å²) in [5.74, 6) is 2.08. The van der Waals surface area contributed by atoms with Crippen molar-refractivity contribution >= 4 is 0 Å². The van der Waals surface area contributed by atoms with Crippen molar-refractivity contribution in [1.29, 1.82) is 5.26 Å². The molecule has 6 aromatic carbocycles. The average Bonchev–Trinajstić information content (AvgIpc) is 3.42. The molecule has 1 aliphatic carbocycles. The van der Waals surface area contributed by atoms with E-state index >= 15 is 0 Å². The molecule has 0 saturated heterocycles. The molecule has 0 fully saturated rings. The highest BCUT2D eigenvalue weighted by molar-refractivity contribution is 5.95. The van der Waals surface area contributed by atoms with Crippen molar-refractivity contribution in [1.82, 2.24) is 15.0 Å². The molecule has 222 valence electrons. The summed E-state index contributed by atoms with van der Waals surface area (Å²) in [6, 6.07) is 53.9. The first-order valence-electron chi connectivity index (χ1n) is 15.8. The van der Waals surface area contributed by atoms with Crippen LogP contribution < -0.4 is 0 Å². The summed E-state index contributed by atoms with van der Waals surface area (Å²) in [6.07, 6.45) is 0. The van der Waals surface area contributed by atoms with E-state index in [1.54, 1.807) is 0 Å². The van der Waals surface area contributed by atoms with E-state index in [9.17, 15) is 5.26 Å². The minimum Gasteiger partial charge on any atom is -0.219 e. The Labute approximate surface area is 274 Å². The highest BCUT2D eigenvalue weighted by atomic mass is 15.0. The number of rotatable bonds is 5. The van der Waals surface area contributed by atoms with Crippen LogP contribution in [0.15, 0.2) is 146 Å². The van der Waals surface area contributed by atoms with Crippen LogP contribution in [0.4, 0.5) is 0 Å². The zero-order valence-corrected chi connectivity index (χ0v) is 26.1. The van der Waals surface area contributed by atoms with Crippen molar-refractivity contribution in [2.24, 2.45) is 0 Å². The van der Waals surface area contributed by atoms with Gasteiger partial charge in [-0.05, 0) is 93.7 Å². The van der Waals surface area contributed by atoms with Crippen LogP contribution in [0.25, 0.3) is 44.8 Å². The van der Waals surface area contributed by atoms with Crippen molar-refractivity contribution < 1.29 is 0 Å². The standard InChI is InChI=1S/C43H30N4/c1-28-45-29(2)47-42(46-28)33-23-21-32(22-24-33)38-26-41-39(25-37(38)31-19-17-30(27-44)18-20-31)36-15-9-10-16-40(36)43(41,34-11-5-3-6-12-34)35-13-7-4-8-14-35/h3-26H,1-2H3. The monoisotopic (exact) mass is 602 g/mol. The summed E-state index contributed by atoms with van der Waals surface area (Å²) in [7, 11) is 0. The van der Waals surface area contributed by atoms with Crippen LogP contribution in [0.5, 0.6) is 0 Å². The minimum atomic E-state index is -0.508. The van der Waals surface area contributed by atoms with Gasteiger partial charge in [-0.2, -0.15) is 5.26 Å². The zero-order valence-electron chi connectivity index (χ0n) is 26.1.